The van der Waals surface area contributed by atoms with Crippen molar-refractivity contribution < 1.29 is 23.9 Å². The third-order valence-corrected chi connectivity index (χ3v) is 2.94. The van der Waals surface area contributed by atoms with E-state index in [0.29, 0.717) is 36.9 Å². The van der Waals surface area contributed by atoms with Gasteiger partial charge >= 0.3 is 5.97 Å². The molecule has 0 radical (unpaired) electrons. The van der Waals surface area contributed by atoms with Crippen LogP contribution in [0, 0.1) is 6.92 Å². The zero-order chi connectivity index (χ0) is 15.2. The fourth-order valence-electron chi connectivity index (χ4n) is 1.87. The van der Waals surface area contributed by atoms with E-state index >= 15 is 0 Å². The Balaban J connectivity index is 2.07. The number of hydrogen-bond donors (Lipinski definition) is 1. The Morgan fingerprint density at radius 1 is 1.29 bits per heavy atom. The maximum Gasteiger partial charge on any atom is 0.358 e. The summed E-state index contributed by atoms with van der Waals surface area (Å²) < 4.78 is 15.8. The van der Waals surface area contributed by atoms with Gasteiger partial charge in [-0.05, 0) is 38.1 Å². The van der Waals surface area contributed by atoms with Crippen molar-refractivity contribution in [3.63, 3.8) is 0 Å². The molecule has 0 unspecified atom stereocenters. The number of ether oxygens (including phenoxy) is 2. The lowest BCUT2D eigenvalue weighted by Crippen LogP contribution is -2.06. The Hall–Kier alpha value is -2.34. The first-order chi connectivity index (χ1) is 10.1. The molecule has 1 heterocycles. The third-order valence-electron chi connectivity index (χ3n) is 2.94. The molecule has 0 aliphatic carbocycles. The van der Waals surface area contributed by atoms with Crippen LogP contribution in [-0.2, 0) is 4.74 Å². The van der Waals surface area contributed by atoms with Gasteiger partial charge < -0.3 is 19.1 Å². The maximum absolute atomic E-state index is 10.9. The Morgan fingerprint density at radius 2 is 2.00 bits per heavy atom. The summed E-state index contributed by atoms with van der Waals surface area (Å²) in [4.78, 5) is 10.9. The molecule has 2 aromatic rings. The monoisotopic (exact) mass is 291 g/mol. The molecule has 21 heavy (non-hydrogen) atoms. The second-order valence-electron chi connectivity index (χ2n) is 4.36. The highest BCUT2D eigenvalue weighted by atomic mass is 16.5. The fraction of sp³-hybridized carbons (Fsp3) is 0.333. The van der Waals surface area contributed by atoms with Gasteiger partial charge in [0.25, 0.3) is 0 Å². The maximum atomic E-state index is 10.9. The van der Waals surface area contributed by atoms with Crippen LogP contribution in [0.4, 0.5) is 0 Å². The number of benzene rings is 1. The van der Waals surface area contributed by atoms with Crippen LogP contribution in [0.15, 0.2) is 28.8 Å². The molecule has 1 aromatic carbocycles. The summed E-state index contributed by atoms with van der Waals surface area (Å²) in [7, 11) is 0. The lowest BCUT2D eigenvalue weighted by Gasteiger charge is -2.06. The summed E-state index contributed by atoms with van der Waals surface area (Å²) in [6, 6.07) is 7.19. The molecule has 0 aliphatic heterocycles. The minimum Gasteiger partial charge on any atom is -0.491 e. The highest BCUT2D eigenvalue weighted by Gasteiger charge is 2.18. The highest BCUT2D eigenvalue weighted by Crippen LogP contribution is 2.27. The number of carbonyl (C=O) groups is 1. The van der Waals surface area contributed by atoms with Gasteiger partial charge in [-0.3, -0.25) is 0 Å². The standard InChI is InChI=1S/C15H17NO5/c1-3-19-8-9-20-12-6-4-11(5-7-12)14-10(2)13(15(17)18)16-21-14/h4-7H,3,8-9H2,1-2H3,(H,17,18). The highest BCUT2D eigenvalue weighted by molar-refractivity contribution is 5.88. The zero-order valence-corrected chi connectivity index (χ0v) is 12.0. The summed E-state index contributed by atoms with van der Waals surface area (Å²) in [6.45, 7) is 5.29. The molecule has 0 amide bonds. The van der Waals surface area contributed by atoms with Gasteiger partial charge in [-0.2, -0.15) is 0 Å². The van der Waals surface area contributed by atoms with E-state index in [1.54, 1.807) is 31.2 Å². The molecule has 6 nitrogen and oxygen atoms in total. The van der Waals surface area contributed by atoms with E-state index in [4.69, 9.17) is 19.1 Å². The molecule has 0 saturated heterocycles. The molecule has 0 fully saturated rings. The smallest absolute Gasteiger partial charge is 0.358 e. The van der Waals surface area contributed by atoms with E-state index < -0.39 is 5.97 Å². The van der Waals surface area contributed by atoms with Gasteiger partial charge in [0.05, 0.1) is 6.61 Å². The van der Waals surface area contributed by atoms with Crippen molar-refractivity contribution in [2.24, 2.45) is 0 Å². The van der Waals surface area contributed by atoms with Crippen LogP contribution in [0.25, 0.3) is 11.3 Å². The van der Waals surface area contributed by atoms with Crippen LogP contribution in [0.5, 0.6) is 5.75 Å². The summed E-state index contributed by atoms with van der Waals surface area (Å²) >= 11 is 0. The predicted octanol–water partition coefficient (Wildman–Crippen LogP) is 2.76. The van der Waals surface area contributed by atoms with Crippen molar-refractivity contribution in [1.82, 2.24) is 5.16 Å². The minimum absolute atomic E-state index is 0.0676. The molecule has 112 valence electrons. The first-order valence-corrected chi connectivity index (χ1v) is 6.64. The second-order valence-corrected chi connectivity index (χ2v) is 4.36. The normalized spacial score (nSPS) is 10.6. The van der Waals surface area contributed by atoms with Crippen molar-refractivity contribution >= 4 is 5.97 Å². The molecule has 2 rings (SSSR count). The average Bonchev–Trinajstić information content (AvgIpc) is 2.86. The van der Waals surface area contributed by atoms with Gasteiger partial charge in [-0.25, -0.2) is 4.79 Å². The van der Waals surface area contributed by atoms with E-state index in [1.807, 2.05) is 6.92 Å². The topological polar surface area (TPSA) is 81.8 Å². The van der Waals surface area contributed by atoms with Crippen LogP contribution in [0.1, 0.15) is 23.0 Å². The number of hydrogen-bond acceptors (Lipinski definition) is 5. The molecule has 6 heteroatoms. The summed E-state index contributed by atoms with van der Waals surface area (Å²) in [5, 5.41) is 12.5. The number of aromatic carboxylic acids is 1. The second kappa shape index (κ2) is 6.90. The first-order valence-electron chi connectivity index (χ1n) is 6.64. The average molecular weight is 291 g/mol. The lowest BCUT2D eigenvalue weighted by molar-refractivity contribution is 0.0685. The van der Waals surface area contributed by atoms with Crippen molar-refractivity contribution in [1.29, 1.82) is 0 Å². The number of rotatable bonds is 7. The van der Waals surface area contributed by atoms with Crippen LogP contribution >= 0.6 is 0 Å². The fourth-order valence-corrected chi connectivity index (χ4v) is 1.87. The van der Waals surface area contributed by atoms with Gasteiger partial charge in [0.15, 0.2) is 11.5 Å². The molecular formula is C15H17NO5. The van der Waals surface area contributed by atoms with Crippen LogP contribution in [0.2, 0.25) is 0 Å². The van der Waals surface area contributed by atoms with Gasteiger partial charge in [0.2, 0.25) is 0 Å². The number of nitrogens with zero attached hydrogens (tertiary/aromatic N) is 1. The zero-order valence-electron chi connectivity index (χ0n) is 12.0. The molecule has 0 bridgehead atoms. The van der Waals surface area contributed by atoms with Gasteiger partial charge in [-0.15, -0.1) is 0 Å². The Labute approximate surface area is 122 Å². The van der Waals surface area contributed by atoms with E-state index in [-0.39, 0.29) is 5.69 Å². The summed E-state index contributed by atoms with van der Waals surface area (Å²) in [5.41, 5.74) is 1.19. The molecule has 1 N–H and O–H groups in total. The van der Waals surface area contributed by atoms with Gasteiger partial charge in [0.1, 0.15) is 12.4 Å². The molecule has 0 atom stereocenters. The molecule has 0 spiro atoms. The first kappa shape index (κ1) is 15.1. The largest absolute Gasteiger partial charge is 0.491 e. The third kappa shape index (κ3) is 3.61. The van der Waals surface area contributed by atoms with E-state index in [2.05, 4.69) is 5.16 Å². The summed E-state index contributed by atoms with van der Waals surface area (Å²) in [5.74, 6) is 0.0701. The Morgan fingerprint density at radius 3 is 2.57 bits per heavy atom. The number of aromatic nitrogens is 1. The van der Waals surface area contributed by atoms with Crippen molar-refractivity contribution in [2.75, 3.05) is 19.8 Å². The minimum atomic E-state index is -1.10. The van der Waals surface area contributed by atoms with Crippen LogP contribution in [0.3, 0.4) is 0 Å². The van der Waals surface area contributed by atoms with Crippen LogP contribution in [-0.4, -0.2) is 36.1 Å². The quantitative estimate of drug-likeness (QED) is 0.790. The number of carboxylic acids is 1. The van der Waals surface area contributed by atoms with Crippen molar-refractivity contribution in [2.45, 2.75) is 13.8 Å². The molecular weight excluding hydrogens is 274 g/mol. The number of carboxylic acid groups (broad SMARTS) is 1. The Bertz CT molecular complexity index is 603. The predicted molar refractivity (Wildman–Crippen MR) is 75.6 cm³/mol. The van der Waals surface area contributed by atoms with Gasteiger partial charge in [-0.1, -0.05) is 5.16 Å². The molecule has 0 aliphatic rings. The lowest BCUT2D eigenvalue weighted by atomic mass is 10.1. The van der Waals surface area contributed by atoms with Gasteiger partial charge in [0, 0.05) is 17.7 Å². The van der Waals surface area contributed by atoms with Crippen molar-refractivity contribution in [3.8, 4) is 17.1 Å². The van der Waals surface area contributed by atoms with E-state index in [1.165, 1.54) is 0 Å². The molecule has 0 saturated carbocycles. The van der Waals surface area contributed by atoms with E-state index in [0.717, 1.165) is 5.56 Å². The Kier molecular flexibility index (Phi) is 4.94. The summed E-state index contributed by atoms with van der Waals surface area (Å²) in [6.07, 6.45) is 0. The SMILES string of the molecule is CCOCCOc1ccc(-c2onc(C(=O)O)c2C)cc1. The molecule has 1 aromatic heterocycles. The van der Waals surface area contributed by atoms with Crippen LogP contribution < -0.4 is 4.74 Å². The van der Waals surface area contributed by atoms with E-state index in [9.17, 15) is 4.79 Å². The van der Waals surface area contributed by atoms with Crippen molar-refractivity contribution in [3.05, 3.63) is 35.5 Å².